The fourth-order valence-corrected chi connectivity index (χ4v) is 2.72. The highest BCUT2D eigenvalue weighted by atomic mass is 16.6. The zero-order chi connectivity index (χ0) is 19.4. The monoisotopic (exact) mass is 367 g/mol. The number of ketones is 1. The molecule has 0 aromatic rings. The van der Waals surface area contributed by atoms with Crippen LogP contribution in [-0.2, 0) is 14.3 Å². The van der Waals surface area contributed by atoms with E-state index in [1.165, 1.54) is 36.7 Å². The summed E-state index contributed by atoms with van der Waals surface area (Å²) in [6.07, 6.45) is 9.04. The zero-order valence-corrected chi connectivity index (χ0v) is 16.3. The lowest BCUT2D eigenvalue weighted by atomic mass is 10.1. The third kappa shape index (κ3) is 8.87. The molecule has 1 atom stereocenters. The summed E-state index contributed by atoms with van der Waals surface area (Å²) in [6.45, 7) is 3.18. The second-order valence-corrected chi connectivity index (χ2v) is 6.88. The number of carbonyl (C=O) groups is 3. The van der Waals surface area contributed by atoms with Crippen LogP contribution in [0.2, 0.25) is 0 Å². The van der Waals surface area contributed by atoms with E-state index in [-0.39, 0.29) is 18.2 Å². The van der Waals surface area contributed by atoms with Gasteiger partial charge in [0.2, 0.25) is 0 Å². The normalized spacial score (nSPS) is 17.0. The number of hydrogen-bond donors (Lipinski definition) is 1. The Hall–Kier alpha value is -2.05. The van der Waals surface area contributed by atoms with Crippen molar-refractivity contribution < 1.29 is 19.1 Å². The van der Waals surface area contributed by atoms with Gasteiger partial charge in [-0.1, -0.05) is 39.0 Å². The summed E-state index contributed by atoms with van der Waals surface area (Å²) in [5.74, 6) is -0.452. The van der Waals surface area contributed by atoms with Gasteiger partial charge in [0, 0.05) is 39.8 Å². The van der Waals surface area contributed by atoms with Crippen molar-refractivity contribution in [3.8, 4) is 0 Å². The van der Waals surface area contributed by atoms with E-state index in [9.17, 15) is 14.4 Å². The Labute approximate surface area is 156 Å². The van der Waals surface area contributed by atoms with E-state index in [1.54, 1.807) is 11.1 Å². The zero-order valence-electron chi connectivity index (χ0n) is 16.3. The number of alkyl carbamates (subject to hydrolysis) is 1. The van der Waals surface area contributed by atoms with Crippen molar-refractivity contribution in [3.05, 3.63) is 12.3 Å². The van der Waals surface area contributed by atoms with Crippen LogP contribution in [0.4, 0.5) is 4.79 Å². The van der Waals surface area contributed by atoms with Crippen molar-refractivity contribution in [3.63, 3.8) is 0 Å². The highest BCUT2D eigenvalue weighted by molar-refractivity contribution is 5.95. The van der Waals surface area contributed by atoms with Crippen LogP contribution < -0.4 is 5.32 Å². The molecule has 1 heterocycles. The van der Waals surface area contributed by atoms with Crippen LogP contribution in [0.25, 0.3) is 0 Å². The first-order valence-electron chi connectivity index (χ1n) is 9.54. The summed E-state index contributed by atoms with van der Waals surface area (Å²) >= 11 is 0. The summed E-state index contributed by atoms with van der Waals surface area (Å²) in [5, 5.41) is 2.69. The molecule has 26 heavy (non-hydrogen) atoms. The Kier molecular flexibility index (Phi) is 10.4. The summed E-state index contributed by atoms with van der Waals surface area (Å²) in [6, 6.07) is 0. The Morgan fingerprint density at radius 2 is 1.92 bits per heavy atom. The smallest absolute Gasteiger partial charge is 0.407 e. The second-order valence-electron chi connectivity index (χ2n) is 6.88. The van der Waals surface area contributed by atoms with Crippen molar-refractivity contribution >= 4 is 17.8 Å². The average Bonchev–Trinajstić information content (AvgIpc) is 2.92. The van der Waals surface area contributed by atoms with E-state index < -0.39 is 12.2 Å². The maximum atomic E-state index is 12.2. The van der Waals surface area contributed by atoms with Gasteiger partial charge in [-0.2, -0.15) is 0 Å². The number of nitrogens with one attached hydrogen (secondary N) is 1. The van der Waals surface area contributed by atoms with Crippen molar-refractivity contribution in [1.29, 1.82) is 0 Å². The number of nitrogens with zero attached hydrogens (tertiary/aromatic N) is 2. The Morgan fingerprint density at radius 3 is 2.62 bits per heavy atom. The molecule has 0 aromatic carbocycles. The van der Waals surface area contributed by atoms with Crippen molar-refractivity contribution in [2.45, 2.75) is 58.0 Å². The van der Waals surface area contributed by atoms with Gasteiger partial charge in [-0.05, 0) is 12.5 Å². The third-order valence-corrected chi connectivity index (χ3v) is 4.20. The molecule has 0 radical (unpaired) electrons. The molecule has 0 unspecified atom stereocenters. The molecule has 7 nitrogen and oxygen atoms in total. The number of carbonyl (C=O) groups excluding carboxylic acids is 3. The van der Waals surface area contributed by atoms with Crippen LogP contribution in [0.5, 0.6) is 0 Å². The maximum absolute atomic E-state index is 12.2. The van der Waals surface area contributed by atoms with Gasteiger partial charge in [-0.3, -0.25) is 9.59 Å². The highest BCUT2D eigenvalue weighted by Crippen LogP contribution is 2.14. The van der Waals surface area contributed by atoms with Gasteiger partial charge >= 0.3 is 6.09 Å². The quantitative estimate of drug-likeness (QED) is 0.423. The van der Waals surface area contributed by atoms with Crippen LogP contribution in [0, 0.1) is 0 Å². The van der Waals surface area contributed by atoms with E-state index >= 15 is 0 Å². The molecule has 7 heteroatoms. The van der Waals surface area contributed by atoms with Gasteiger partial charge in [0.05, 0.1) is 6.54 Å². The van der Waals surface area contributed by atoms with Gasteiger partial charge < -0.3 is 19.9 Å². The van der Waals surface area contributed by atoms with Gasteiger partial charge in [0.25, 0.3) is 5.91 Å². The van der Waals surface area contributed by atoms with Crippen LogP contribution in [0.3, 0.4) is 0 Å². The minimum absolute atomic E-state index is 0.0163. The molecule has 1 aliphatic rings. The van der Waals surface area contributed by atoms with Crippen molar-refractivity contribution in [2.75, 3.05) is 33.7 Å². The molecule has 0 spiro atoms. The lowest BCUT2D eigenvalue weighted by molar-refractivity contribution is -0.136. The number of unbranched alkanes of at least 4 members (excludes halogenated alkanes) is 5. The minimum Gasteiger partial charge on any atom is -0.436 e. The fraction of sp³-hybridized carbons (Fsp3) is 0.737. The fourth-order valence-electron chi connectivity index (χ4n) is 2.72. The van der Waals surface area contributed by atoms with Gasteiger partial charge in [0.15, 0.2) is 11.9 Å². The van der Waals surface area contributed by atoms with E-state index in [0.29, 0.717) is 19.5 Å². The molecular formula is C19H33N3O4. The largest absolute Gasteiger partial charge is 0.436 e. The SMILES string of the molecule is CCCCCCCCNC(=O)O[C@@H]1CCN(CC(=O)C=CN(C)C)C1=O. The average molecular weight is 367 g/mol. The summed E-state index contributed by atoms with van der Waals surface area (Å²) < 4.78 is 5.20. The van der Waals surface area contributed by atoms with Crippen LogP contribution >= 0.6 is 0 Å². The van der Waals surface area contributed by atoms with Gasteiger partial charge in [-0.25, -0.2) is 4.79 Å². The molecule has 1 N–H and O–H groups in total. The van der Waals surface area contributed by atoms with Crippen molar-refractivity contribution in [1.82, 2.24) is 15.1 Å². The molecule has 0 bridgehead atoms. The van der Waals surface area contributed by atoms with E-state index in [2.05, 4.69) is 12.2 Å². The minimum atomic E-state index is -0.787. The van der Waals surface area contributed by atoms with Crippen LogP contribution in [0.1, 0.15) is 51.9 Å². The molecule has 1 fully saturated rings. The topological polar surface area (TPSA) is 79.0 Å². The number of ether oxygens (including phenoxy) is 1. The molecule has 0 saturated carbocycles. The summed E-state index contributed by atoms with van der Waals surface area (Å²) in [7, 11) is 3.64. The standard InChI is InChI=1S/C19H33N3O4/c1-4-5-6-7-8-9-12-20-19(25)26-17-11-14-22(18(17)24)15-16(23)10-13-21(2)3/h10,13,17H,4-9,11-12,14-15H2,1-3H3,(H,20,25)/t17-/m1/s1. The van der Waals surface area contributed by atoms with Crippen molar-refractivity contribution in [2.24, 2.45) is 0 Å². The number of amides is 2. The van der Waals surface area contributed by atoms with E-state index in [1.807, 2.05) is 14.1 Å². The summed E-state index contributed by atoms with van der Waals surface area (Å²) in [4.78, 5) is 39.0. The lowest BCUT2D eigenvalue weighted by Gasteiger charge is -2.15. The Morgan fingerprint density at radius 1 is 1.23 bits per heavy atom. The molecule has 1 rings (SSSR count). The van der Waals surface area contributed by atoms with Gasteiger partial charge in [0.1, 0.15) is 0 Å². The molecular weight excluding hydrogens is 334 g/mol. The molecule has 1 saturated heterocycles. The van der Waals surface area contributed by atoms with E-state index in [0.717, 1.165) is 12.8 Å². The Bertz CT molecular complexity index is 491. The van der Waals surface area contributed by atoms with E-state index in [4.69, 9.17) is 4.74 Å². The van der Waals surface area contributed by atoms with Crippen LogP contribution in [-0.4, -0.2) is 67.4 Å². The highest BCUT2D eigenvalue weighted by Gasteiger charge is 2.35. The maximum Gasteiger partial charge on any atom is 0.407 e. The Balaban J connectivity index is 2.22. The first kappa shape index (κ1) is 22.0. The first-order chi connectivity index (χ1) is 12.4. The second kappa shape index (κ2) is 12.3. The molecule has 148 valence electrons. The molecule has 1 aliphatic heterocycles. The number of likely N-dealkylation sites (tertiary alicyclic amines) is 1. The summed E-state index contributed by atoms with van der Waals surface area (Å²) in [5.41, 5.74) is 0. The first-order valence-corrected chi connectivity index (χ1v) is 9.54. The number of hydrogen-bond acceptors (Lipinski definition) is 5. The lowest BCUT2D eigenvalue weighted by Crippen LogP contribution is -2.37. The molecule has 0 aliphatic carbocycles. The molecule has 0 aromatic heterocycles. The number of rotatable bonds is 12. The predicted molar refractivity (Wildman–Crippen MR) is 101 cm³/mol. The predicted octanol–water partition coefficient (Wildman–Crippen LogP) is 2.32. The van der Waals surface area contributed by atoms with Gasteiger partial charge in [-0.15, -0.1) is 0 Å². The molecule has 2 amide bonds. The van der Waals surface area contributed by atoms with Crippen LogP contribution in [0.15, 0.2) is 12.3 Å². The third-order valence-electron chi connectivity index (χ3n) is 4.20.